The van der Waals surface area contributed by atoms with Crippen LogP contribution in [-0.2, 0) is 0 Å². The van der Waals surface area contributed by atoms with Gasteiger partial charge in [-0.05, 0) is 67.9 Å². The van der Waals surface area contributed by atoms with Crippen LogP contribution in [0.1, 0.15) is 12.5 Å². The molecule has 3 aromatic rings. The fourth-order valence-corrected chi connectivity index (χ4v) is 2.46. The molecule has 28 heavy (non-hydrogen) atoms. The van der Waals surface area contributed by atoms with E-state index in [9.17, 15) is 0 Å². The maximum absolute atomic E-state index is 6.07. The number of rotatable bonds is 6. The second-order valence-electron chi connectivity index (χ2n) is 6.27. The van der Waals surface area contributed by atoms with Crippen LogP contribution in [0.3, 0.4) is 0 Å². The number of para-hydroxylation sites is 1. The lowest BCUT2D eigenvalue weighted by Gasteiger charge is -2.11. The number of benzene rings is 3. The van der Waals surface area contributed by atoms with Gasteiger partial charge in [-0.25, -0.2) is 4.99 Å². The van der Waals surface area contributed by atoms with Gasteiger partial charge in [0, 0.05) is 5.57 Å². The van der Waals surface area contributed by atoms with E-state index in [0.29, 0.717) is 11.6 Å². The van der Waals surface area contributed by atoms with Gasteiger partial charge in [-0.3, -0.25) is 0 Å². The summed E-state index contributed by atoms with van der Waals surface area (Å²) in [6.07, 6.45) is 1.64. The summed E-state index contributed by atoms with van der Waals surface area (Å²) in [6, 6.07) is 24.9. The van der Waals surface area contributed by atoms with Gasteiger partial charge in [0.1, 0.15) is 17.2 Å². The highest BCUT2D eigenvalue weighted by molar-refractivity contribution is 5.96. The normalized spacial score (nSPS) is 11.8. The van der Waals surface area contributed by atoms with Crippen molar-refractivity contribution < 1.29 is 14.2 Å². The van der Waals surface area contributed by atoms with E-state index >= 15 is 0 Å². The molecule has 3 rings (SSSR count). The SMILES string of the molecule is COc1ccc(O/C=C(C)/C(=N/c2ccccc2)Oc2cccc(C)c2)cc1. The molecule has 0 spiro atoms. The van der Waals surface area contributed by atoms with E-state index in [4.69, 9.17) is 14.2 Å². The maximum atomic E-state index is 6.07. The van der Waals surface area contributed by atoms with Gasteiger partial charge in [-0.1, -0.05) is 30.3 Å². The zero-order chi connectivity index (χ0) is 19.8. The summed E-state index contributed by atoms with van der Waals surface area (Å²) in [5.41, 5.74) is 2.69. The number of ether oxygens (including phenoxy) is 3. The van der Waals surface area contributed by atoms with E-state index < -0.39 is 0 Å². The topological polar surface area (TPSA) is 40.0 Å². The minimum absolute atomic E-state index is 0.477. The predicted molar refractivity (Wildman–Crippen MR) is 113 cm³/mol. The Labute approximate surface area is 165 Å². The second-order valence-corrected chi connectivity index (χ2v) is 6.27. The van der Waals surface area contributed by atoms with Crippen molar-refractivity contribution in [1.82, 2.24) is 0 Å². The number of aliphatic imine (C=N–C) groups is 1. The summed E-state index contributed by atoms with van der Waals surface area (Å²) in [5.74, 6) is 2.69. The van der Waals surface area contributed by atoms with Crippen LogP contribution in [0.25, 0.3) is 0 Å². The highest BCUT2D eigenvalue weighted by Crippen LogP contribution is 2.20. The van der Waals surface area contributed by atoms with E-state index in [1.165, 1.54) is 0 Å². The van der Waals surface area contributed by atoms with Crippen LogP contribution in [0.5, 0.6) is 17.2 Å². The highest BCUT2D eigenvalue weighted by Gasteiger charge is 2.08. The zero-order valence-corrected chi connectivity index (χ0v) is 16.3. The molecule has 0 atom stereocenters. The first-order chi connectivity index (χ1) is 13.6. The lowest BCUT2D eigenvalue weighted by molar-refractivity contribution is 0.412. The largest absolute Gasteiger partial charge is 0.497 e. The molecule has 0 unspecified atom stereocenters. The Balaban J connectivity index is 1.85. The van der Waals surface area contributed by atoms with Crippen molar-refractivity contribution in [3.63, 3.8) is 0 Å². The average Bonchev–Trinajstić information content (AvgIpc) is 2.73. The fourth-order valence-electron chi connectivity index (χ4n) is 2.46. The predicted octanol–water partition coefficient (Wildman–Crippen LogP) is 6.10. The molecule has 0 saturated heterocycles. The molecule has 0 fully saturated rings. The smallest absolute Gasteiger partial charge is 0.225 e. The molecule has 0 saturated carbocycles. The van der Waals surface area contributed by atoms with Crippen molar-refractivity contribution in [2.45, 2.75) is 13.8 Å². The molecule has 0 amide bonds. The molecule has 0 aliphatic heterocycles. The third-order valence-electron chi connectivity index (χ3n) is 3.96. The van der Waals surface area contributed by atoms with Gasteiger partial charge < -0.3 is 14.2 Å². The third-order valence-corrected chi connectivity index (χ3v) is 3.96. The van der Waals surface area contributed by atoms with E-state index in [1.807, 2.05) is 92.7 Å². The first-order valence-electron chi connectivity index (χ1n) is 9.00. The van der Waals surface area contributed by atoms with Gasteiger partial charge in [0.15, 0.2) is 0 Å². The molecule has 4 nitrogen and oxygen atoms in total. The van der Waals surface area contributed by atoms with Crippen LogP contribution >= 0.6 is 0 Å². The lowest BCUT2D eigenvalue weighted by Crippen LogP contribution is -2.11. The van der Waals surface area contributed by atoms with E-state index in [2.05, 4.69) is 4.99 Å². The van der Waals surface area contributed by atoms with Gasteiger partial charge in [0.05, 0.1) is 19.1 Å². The van der Waals surface area contributed by atoms with Crippen molar-refractivity contribution >= 4 is 11.6 Å². The van der Waals surface area contributed by atoms with Crippen LogP contribution < -0.4 is 14.2 Å². The van der Waals surface area contributed by atoms with Crippen LogP contribution in [0.15, 0.2) is 95.7 Å². The van der Waals surface area contributed by atoms with Crippen LogP contribution in [0, 0.1) is 6.92 Å². The van der Waals surface area contributed by atoms with Crippen molar-refractivity contribution in [3.8, 4) is 17.2 Å². The zero-order valence-electron chi connectivity index (χ0n) is 16.3. The molecule has 0 bridgehead atoms. The van der Waals surface area contributed by atoms with Crippen molar-refractivity contribution in [1.29, 1.82) is 0 Å². The minimum atomic E-state index is 0.477. The van der Waals surface area contributed by atoms with Crippen molar-refractivity contribution in [2.75, 3.05) is 7.11 Å². The molecule has 0 aliphatic rings. The molecule has 3 aromatic carbocycles. The van der Waals surface area contributed by atoms with E-state index in [1.54, 1.807) is 13.4 Å². The molecule has 0 heterocycles. The second kappa shape index (κ2) is 9.42. The Morgan fingerprint density at radius 3 is 2.21 bits per heavy atom. The fraction of sp³-hybridized carbons (Fsp3) is 0.125. The third kappa shape index (κ3) is 5.48. The summed E-state index contributed by atoms with van der Waals surface area (Å²) in [6.45, 7) is 3.93. The summed E-state index contributed by atoms with van der Waals surface area (Å²) < 4.78 is 17.0. The summed E-state index contributed by atoms with van der Waals surface area (Å²) >= 11 is 0. The van der Waals surface area contributed by atoms with E-state index in [-0.39, 0.29) is 0 Å². The Morgan fingerprint density at radius 2 is 1.54 bits per heavy atom. The first-order valence-corrected chi connectivity index (χ1v) is 9.00. The molecular formula is C24H23NO3. The van der Waals surface area contributed by atoms with Crippen molar-refractivity contribution in [2.24, 2.45) is 4.99 Å². The average molecular weight is 373 g/mol. The van der Waals surface area contributed by atoms with Crippen LogP contribution in [-0.4, -0.2) is 13.0 Å². The number of hydrogen-bond donors (Lipinski definition) is 0. The minimum Gasteiger partial charge on any atom is -0.497 e. The number of nitrogens with zero attached hydrogens (tertiary/aromatic N) is 1. The molecular weight excluding hydrogens is 350 g/mol. The quantitative estimate of drug-likeness (QED) is 0.298. The standard InChI is InChI=1S/C24H23NO3/c1-18-8-7-11-23(16-18)28-24(25-20-9-5-4-6-10-20)19(2)17-27-22-14-12-21(26-3)13-15-22/h4-17H,1-3H3/b19-17+,25-24-. The van der Waals surface area contributed by atoms with Crippen LogP contribution in [0.4, 0.5) is 5.69 Å². The van der Waals surface area contributed by atoms with Gasteiger partial charge in [-0.15, -0.1) is 0 Å². The highest BCUT2D eigenvalue weighted by atomic mass is 16.5. The molecule has 0 N–H and O–H groups in total. The van der Waals surface area contributed by atoms with E-state index in [0.717, 1.165) is 28.3 Å². The molecule has 4 heteroatoms. The summed E-state index contributed by atoms with van der Waals surface area (Å²) in [4.78, 5) is 4.65. The summed E-state index contributed by atoms with van der Waals surface area (Å²) in [5, 5.41) is 0. The first kappa shape index (κ1) is 19.2. The van der Waals surface area contributed by atoms with Crippen LogP contribution in [0.2, 0.25) is 0 Å². The Bertz CT molecular complexity index is 961. The van der Waals surface area contributed by atoms with Gasteiger partial charge in [0.2, 0.25) is 5.90 Å². The van der Waals surface area contributed by atoms with Crippen molar-refractivity contribution in [3.05, 3.63) is 96.3 Å². The maximum Gasteiger partial charge on any atom is 0.225 e. The van der Waals surface area contributed by atoms with Gasteiger partial charge in [0.25, 0.3) is 0 Å². The van der Waals surface area contributed by atoms with Gasteiger partial charge >= 0.3 is 0 Å². The number of methoxy groups -OCH3 is 1. The van der Waals surface area contributed by atoms with Gasteiger partial charge in [-0.2, -0.15) is 0 Å². The lowest BCUT2D eigenvalue weighted by atomic mass is 10.2. The number of hydrogen-bond acceptors (Lipinski definition) is 4. The molecule has 142 valence electrons. The Hall–Kier alpha value is -3.53. The Kier molecular flexibility index (Phi) is 6.47. The molecule has 0 aliphatic carbocycles. The monoisotopic (exact) mass is 373 g/mol. The molecule has 0 aromatic heterocycles. The number of aryl methyl sites for hydroxylation is 1. The summed E-state index contributed by atoms with van der Waals surface area (Å²) in [7, 11) is 1.63. The Morgan fingerprint density at radius 1 is 0.821 bits per heavy atom. The molecule has 0 radical (unpaired) electrons.